The summed E-state index contributed by atoms with van der Waals surface area (Å²) in [7, 11) is 1.72. The largest absolute Gasteiger partial charge is 0.459 e. The van der Waals surface area contributed by atoms with Gasteiger partial charge in [0.05, 0.1) is 6.26 Å². The van der Waals surface area contributed by atoms with Gasteiger partial charge in [-0.25, -0.2) is 0 Å². The minimum absolute atomic E-state index is 0. The van der Waals surface area contributed by atoms with Crippen LogP contribution in [0.3, 0.4) is 0 Å². The summed E-state index contributed by atoms with van der Waals surface area (Å²) in [6.45, 7) is 5.12. The summed E-state index contributed by atoms with van der Waals surface area (Å²) in [5.41, 5.74) is 0. The van der Waals surface area contributed by atoms with Gasteiger partial charge in [0.1, 0.15) is 0 Å². The highest BCUT2D eigenvalue weighted by Crippen LogP contribution is 2.14. The molecule has 1 aliphatic rings. The highest BCUT2D eigenvalue weighted by Gasteiger charge is 2.13. The number of ether oxygens (including phenoxy) is 2. The fraction of sp³-hybridized carbons (Fsp3) is 0.667. The molecule has 2 rings (SSSR count). The molecule has 1 saturated heterocycles. The van der Waals surface area contributed by atoms with Gasteiger partial charge in [-0.05, 0) is 37.3 Å². The number of carbonyl (C=O) groups is 1. The summed E-state index contributed by atoms with van der Waals surface area (Å²) < 4.78 is 16.1. The lowest BCUT2D eigenvalue weighted by atomic mass is 10.0. The molecule has 8 nitrogen and oxygen atoms in total. The monoisotopic (exact) mass is 494 g/mol. The van der Waals surface area contributed by atoms with Gasteiger partial charge in [0.2, 0.25) is 0 Å². The van der Waals surface area contributed by atoms with Crippen molar-refractivity contribution in [2.45, 2.75) is 19.3 Å². The standard InChI is InChI=1S/C18H30N4O4.HI/c1-19-18(22-9-8-20-17(23)16-4-2-11-26-16)21-7-3-10-25-14-15-5-12-24-13-6-15;/h2,4,11,15H,3,5-10,12-14H2,1H3,(H,20,23)(H2,19,21,22);1H. The lowest BCUT2D eigenvalue weighted by Crippen LogP contribution is -2.42. The van der Waals surface area contributed by atoms with Crippen LogP contribution in [0.15, 0.2) is 27.8 Å². The molecule has 3 N–H and O–H groups in total. The fourth-order valence-corrected chi connectivity index (χ4v) is 2.62. The Bertz CT molecular complexity index is 533. The molecule has 27 heavy (non-hydrogen) atoms. The number of hydrogen-bond acceptors (Lipinski definition) is 5. The number of nitrogens with one attached hydrogen (secondary N) is 3. The molecule has 154 valence electrons. The number of aliphatic imine (C=N–C) groups is 1. The van der Waals surface area contributed by atoms with Gasteiger partial charge in [0, 0.05) is 53.1 Å². The minimum Gasteiger partial charge on any atom is -0.459 e. The lowest BCUT2D eigenvalue weighted by Gasteiger charge is -2.21. The highest BCUT2D eigenvalue weighted by atomic mass is 127. The number of nitrogens with zero attached hydrogens (tertiary/aromatic N) is 1. The maximum atomic E-state index is 11.7. The first-order valence-corrected chi connectivity index (χ1v) is 9.21. The third-order valence-corrected chi connectivity index (χ3v) is 4.12. The quantitative estimate of drug-likeness (QED) is 0.198. The molecule has 1 aromatic heterocycles. The van der Waals surface area contributed by atoms with Crippen molar-refractivity contribution in [2.75, 3.05) is 53.1 Å². The van der Waals surface area contributed by atoms with E-state index >= 15 is 0 Å². The van der Waals surface area contributed by atoms with Gasteiger partial charge in [-0.2, -0.15) is 0 Å². The summed E-state index contributed by atoms with van der Waals surface area (Å²) in [4.78, 5) is 15.9. The van der Waals surface area contributed by atoms with Crippen molar-refractivity contribution >= 4 is 35.8 Å². The van der Waals surface area contributed by atoms with Gasteiger partial charge in [-0.3, -0.25) is 9.79 Å². The predicted octanol–water partition coefficient (Wildman–Crippen LogP) is 1.63. The van der Waals surface area contributed by atoms with Crippen LogP contribution in [0.1, 0.15) is 29.8 Å². The molecule has 0 aromatic carbocycles. The molecule has 1 aliphatic heterocycles. The van der Waals surface area contributed by atoms with Crippen molar-refractivity contribution in [2.24, 2.45) is 10.9 Å². The molecule has 0 spiro atoms. The Morgan fingerprint density at radius 3 is 2.67 bits per heavy atom. The van der Waals surface area contributed by atoms with E-state index in [1.54, 1.807) is 19.2 Å². The van der Waals surface area contributed by atoms with E-state index in [0.29, 0.717) is 30.7 Å². The highest BCUT2D eigenvalue weighted by molar-refractivity contribution is 14.0. The van der Waals surface area contributed by atoms with Crippen LogP contribution in [0.4, 0.5) is 0 Å². The maximum absolute atomic E-state index is 11.7. The predicted molar refractivity (Wildman–Crippen MR) is 115 cm³/mol. The lowest BCUT2D eigenvalue weighted by molar-refractivity contribution is 0.0203. The van der Waals surface area contributed by atoms with Crippen LogP contribution >= 0.6 is 24.0 Å². The zero-order valence-corrected chi connectivity index (χ0v) is 18.2. The first-order valence-electron chi connectivity index (χ1n) is 9.21. The summed E-state index contributed by atoms with van der Waals surface area (Å²) >= 11 is 0. The van der Waals surface area contributed by atoms with Gasteiger partial charge in [0.15, 0.2) is 11.7 Å². The van der Waals surface area contributed by atoms with Crippen molar-refractivity contribution in [3.05, 3.63) is 24.2 Å². The van der Waals surface area contributed by atoms with Gasteiger partial charge in [0.25, 0.3) is 5.91 Å². The van der Waals surface area contributed by atoms with Crippen molar-refractivity contribution in [1.29, 1.82) is 0 Å². The molecular weight excluding hydrogens is 463 g/mol. The molecule has 0 radical (unpaired) electrons. The molecule has 0 unspecified atom stereocenters. The van der Waals surface area contributed by atoms with Crippen molar-refractivity contribution < 1.29 is 18.7 Å². The Balaban J connectivity index is 0.00000364. The Kier molecular flexibility index (Phi) is 12.9. The van der Waals surface area contributed by atoms with Crippen molar-refractivity contribution in [1.82, 2.24) is 16.0 Å². The second-order valence-corrected chi connectivity index (χ2v) is 6.14. The molecule has 0 aliphatic carbocycles. The fourth-order valence-electron chi connectivity index (χ4n) is 2.62. The minimum atomic E-state index is -0.221. The van der Waals surface area contributed by atoms with E-state index in [1.165, 1.54) is 6.26 Å². The topological polar surface area (TPSA) is 97.1 Å². The number of halogens is 1. The average Bonchev–Trinajstić information content (AvgIpc) is 3.21. The number of furan rings is 1. The van der Waals surface area contributed by atoms with E-state index in [-0.39, 0.29) is 29.9 Å². The number of rotatable bonds is 10. The Labute approximate surface area is 177 Å². The Morgan fingerprint density at radius 2 is 1.96 bits per heavy atom. The zero-order chi connectivity index (χ0) is 18.5. The molecule has 0 saturated carbocycles. The summed E-state index contributed by atoms with van der Waals surface area (Å²) in [6.07, 6.45) is 4.60. The number of guanidine groups is 1. The van der Waals surface area contributed by atoms with Crippen molar-refractivity contribution in [3.8, 4) is 0 Å². The molecule has 0 bridgehead atoms. The van der Waals surface area contributed by atoms with Crippen LogP contribution in [0, 0.1) is 5.92 Å². The number of amides is 1. The third kappa shape index (κ3) is 9.96. The second kappa shape index (κ2) is 14.7. The van der Waals surface area contributed by atoms with Crippen LogP contribution in [-0.2, 0) is 9.47 Å². The molecule has 1 aromatic rings. The zero-order valence-electron chi connectivity index (χ0n) is 15.9. The van der Waals surface area contributed by atoms with Crippen LogP contribution in [-0.4, -0.2) is 65.0 Å². The molecule has 1 amide bonds. The molecule has 1 fully saturated rings. The van der Waals surface area contributed by atoms with Crippen LogP contribution in [0.25, 0.3) is 0 Å². The molecule has 2 heterocycles. The van der Waals surface area contributed by atoms with E-state index in [4.69, 9.17) is 13.9 Å². The van der Waals surface area contributed by atoms with E-state index in [0.717, 1.165) is 52.2 Å². The van der Waals surface area contributed by atoms with Crippen molar-refractivity contribution in [3.63, 3.8) is 0 Å². The average molecular weight is 494 g/mol. The van der Waals surface area contributed by atoms with Gasteiger partial charge < -0.3 is 29.8 Å². The Hall–Kier alpha value is -1.33. The van der Waals surface area contributed by atoms with E-state index in [2.05, 4.69) is 20.9 Å². The smallest absolute Gasteiger partial charge is 0.287 e. The molecule has 0 atom stereocenters. The number of hydrogen-bond donors (Lipinski definition) is 3. The number of carbonyl (C=O) groups excluding carboxylic acids is 1. The first kappa shape index (κ1) is 23.7. The van der Waals surface area contributed by atoms with E-state index < -0.39 is 0 Å². The molecule has 9 heteroatoms. The van der Waals surface area contributed by atoms with Crippen LogP contribution in [0.5, 0.6) is 0 Å². The normalized spacial score (nSPS) is 15.1. The van der Waals surface area contributed by atoms with E-state index in [1.807, 2.05) is 0 Å². The van der Waals surface area contributed by atoms with Gasteiger partial charge in [-0.15, -0.1) is 24.0 Å². The van der Waals surface area contributed by atoms with Gasteiger partial charge in [-0.1, -0.05) is 0 Å². The summed E-state index contributed by atoms with van der Waals surface area (Å²) in [5, 5.41) is 9.16. The van der Waals surface area contributed by atoms with E-state index in [9.17, 15) is 4.79 Å². The summed E-state index contributed by atoms with van der Waals surface area (Å²) in [6, 6.07) is 3.32. The molecular formula is C18H31IN4O4. The SMILES string of the molecule is CN=C(NCCCOCC1CCOCC1)NCCNC(=O)c1ccco1.I. The maximum Gasteiger partial charge on any atom is 0.287 e. The first-order chi connectivity index (χ1) is 12.8. The Morgan fingerprint density at radius 1 is 1.22 bits per heavy atom. The third-order valence-electron chi connectivity index (χ3n) is 4.12. The second-order valence-electron chi connectivity index (χ2n) is 6.14. The summed E-state index contributed by atoms with van der Waals surface area (Å²) in [5.74, 6) is 1.44. The van der Waals surface area contributed by atoms with Crippen LogP contribution < -0.4 is 16.0 Å². The van der Waals surface area contributed by atoms with Crippen LogP contribution in [0.2, 0.25) is 0 Å². The van der Waals surface area contributed by atoms with Gasteiger partial charge >= 0.3 is 0 Å².